The minimum absolute atomic E-state index is 0.0571. The molecule has 3 aliphatic rings. The zero-order valence-corrected chi connectivity index (χ0v) is 29.1. The van der Waals surface area contributed by atoms with Gasteiger partial charge < -0.3 is 9.64 Å². The van der Waals surface area contributed by atoms with E-state index in [1.807, 2.05) is 94.4 Å². The molecule has 3 unspecified atom stereocenters. The lowest BCUT2D eigenvalue weighted by atomic mass is 9.80. The molecule has 5 rings (SSSR count). The summed E-state index contributed by atoms with van der Waals surface area (Å²) in [7, 11) is 3.80. The summed E-state index contributed by atoms with van der Waals surface area (Å²) in [6.45, 7) is 6.40. The van der Waals surface area contributed by atoms with Gasteiger partial charge in [-0.25, -0.2) is 14.4 Å². The molecule has 4 atom stereocenters. The number of carbonyl (C=O) groups is 2. The van der Waals surface area contributed by atoms with Crippen molar-refractivity contribution < 1.29 is 31.9 Å². The van der Waals surface area contributed by atoms with Gasteiger partial charge in [0.25, 0.3) is 0 Å². The van der Waals surface area contributed by atoms with Gasteiger partial charge in [0.05, 0.1) is 29.5 Å². The zero-order valence-electron chi connectivity index (χ0n) is 29.1. The number of carbonyl (C=O) groups excluding carboxylic acids is 2. The van der Waals surface area contributed by atoms with E-state index in [-0.39, 0.29) is 60.7 Å². The van der Waals surface area contributed by atoms with Crippen molar-refractivity contribution in [2.45, 2.75) is 65.5 Å². The van der Waals surface area contributed by atoms with Crippen molar-refractivity contribution >= 4 is 29.0 Å². The highest BCUT2D eigenvalue weighted by Crippen LogP contribution is 2.40. The number of nitrogens with zero attached hydrogens (tertiary/aromatic N) is 4. The Labute approximate surface area is 291 Å². The zero-order chi connectivity index (χ0) is 36.2. The minimum Gasteiger partial charge on any atom is -0.494 e. The maximum atomic E-state index is 14.3. The molecule has 0 fully saturated rings. The van der Waals surface area contributed by atoms with Crippen LogP contribution in [0, 0.1) is 23.7 Å². The molecule has 0 saturated carbocycles. The molecule has 1 aromatic heterocycles. The molecule has 7 nitrogen and oxygen atoms in total. The number of amides is 1. The van der Waals surface area contributed by atoms with Crippen molar-refractivity contribution in [3.63, 3.8) is 0 Å². The number of rotatable bonds is 13. The molecular weight excluding hydrogens is 648 g/mol. The quantitative estimate of drug-likeness (QED) is 0.196. The molecule has 2 aliphatic carbocycles. The molecule has 1 aliphatic heterocycles. The second kappa shape index (κ2) is 15.6. The van der Waals surface area contributed by atoms with Gasteiger partial charge >= 0.3 is 6.18 Å². The maximum absolute atomic E-state index is 14.3. The summed E-state index contributed by atoms with van der Waals surface area (Å²) in [6, 6.07) is 11.2. The Kier molecular flexibility index (Phi) is 11.4. The summed E-state index contributed by atoms with van der Waals surface area (Å²) >= 11 is 0. The first-order valence-electron chi connectivity index (χ1n) is 17.1. The third-order valence-corrected chi connectivity index (χ3v) is 9.60. The summed E-state index contributed by atoms with van der Waals surface area (Å²) in [4.78, 5) is 40.9. The monoisotopic (exact) mass is 692 g/mol. The highest BCUT2D eigenvalue weighted by Gasteiger charge is 2.42. The Balaban J connectivity index is 1.46. The molecule has 1 amide bonds. The van der Waals surface area contributed by atoms with Crippen LogP contribution in [-0.2, 0) is 16.0 Å². The Hall–Kier alpha value is -4.54. The maximum Gasteiger partial charge on any atom is 0.418 e. The van der Waals surface area contributed by atoms with E-state index in [9.17, 15) is 27.2 Å². The van der Waals surface area contributed by atoms with E-state index in [4.69, 9.17) is 9.73 Å². The van der Waals surface area contributed by atoms with Gasteiger partial charge in [0.1, 0.15) is 29.0 Å². The number of benzene rings is 1. The number of ketones is 1. The first kappa shape index (κ1) is 36.7. The van der Waals surface area contributed by atoms with E-state index in [2.05, 4.69) is 4.98 Å². The number of halogens is 4. The van der Waals surface area contributed by atoms with Crippen molar-refractivity contribution in [1.29, 1.82) is 0 Å². The van der Waals surface area contributed by atoms with Crippen LogP contribution in [0.4, 0.5) is 29.1 Å². The first-order chi connectivity index (χ1) is 23.8. The Morgan fingerprint density at radius 1 is 1.12 bits per heavy atom. The third-order valence-electron chi connectivity index (χ3n) is 9.60. The Morgan fingerprint density at radius 2 is 1.86 bits per heavy atom. The Bertz CT molecular complexity index is 1720. The predicted molar refractivity (Wildman–Crippen MR) is 188 cm³/mol. The van der Waals surface area contributed by atoms with Gasteiger partial charge in [-0.1, -0.05) is 37.6 Å². The van der Waals surface area contributed by atoms with Crippen LogP contribution in [0.3, 0.4) is 0 Å². The molecule has 2 heterocycles. The van der Waals surface area contributed by atoms with Crippen molar-refractivity contribution in [3.8, 4) is 5.75 Å². The van der Waals surface area contributed by atoms with Crippen LogP contribution in [0.15, 0.2) is 94.6 Å². The minimum atomic E-state index is -4.82. The smallest absolute Gasteiger partial charge is 0.418 e. The van der Waals surface area contributed by atoms with Gasteiger partial charge in [0, 0.05) is 45.5 Å². The molecule has 50 heavy (non-hydrogen) atoms. The van der Waals surface area contributed by atoms with Crippen LogP contribution >= 0.6 is 0 Å². The second-order valence-electron chi connectivity index (χ2n) is 13.4. The van der Waals surface area contributed by atoms with Crippen LogP contribution in [-0.4, -0.2) is 49.4 Å². The lowest BCUT2D eigenvalue weighted by Gasteiger charge is -2.40. The van der Waals surface area contributed by atoms with Gasteiger partial charge in [-0.2, -0.15) is 13.2 Å². The lowest BCUT2D eigenvalue weighted by molar-refractivity contribution is -0.121. The lowest BCUT2D eigenvalue weighted by Crippen LogP contribution is -2.50. The van der Waals surface area contributed by atoms with Crippen molar-refractivity contribution in [2.24, 2.45) is 28.7 Å². The molecule has 11 heteroatoms. The standard InChI is InChI=1S/C39H44F4N4O3/c1-6-50-31-16-13-29(14-17-31)47-37(45-34-9-7-8-24(2)36(34)38(47)49)25(3)28(20-27-11-19-35(44-23-27)46(4)5)12-15-30(48)21-26-10-18-33(40)32(22-26)39(41,42)43/h7-9,11,13-14,16-17,19,22-25,28,36H,6,10,12,15,18,20-21H2,1-5H3/t24?,25-,28?,36?/m0/s1. The molecule has 1 aromatic carbocycles. The van der Waals surface area contributed by atoms with Gasteiger partial charge in [-0.15, -0.1) is 0 Å². The van der Waals surface area contributed by atoms with E-state index < -0.39 is 23.5 Å². The van der Waals surface area contributed by atoms with E-state index in [1.165, 1.54) is 0 Å². The number of anilines is 2. The number of allylic oxidation sites excluding steroid dienone is 7. The predicted octanol–water partition coefficient (Wildman–Crippen LogP) is 8.74. The molecule has 0 saturated heterocycles. The summed E-state index contributed by atoms with van der Waals surface area (Å²) in [5, 5.41) is 0. The summed E-state index contributed by atoms with van der Waals surface area (Å²) in [5.41, 5.74) is 1.25. The fraction of sp³-hybridized carbons (Fsp3) is 0.436. The number of fused-ring (bicyclic) bond motifs is 1. The second-order valence-corrected chi connectivity index (χ2v) is 13.4. The Morgan fingerprint density at radius 3 is 2.50 bits per heavy atom. The normalized spacial score (nSPS) is 20.5. The highest BCUT2D eigenvalue weighted by molar-refractivity contribution is 6.21. The molecule has 0 N–H and O–H groups in total. The molecule has 0 radical (unpaired) electrons. The average molecular weight is 693 g/mol. The van der Waals surface area contributed by atoms with E-state index in [0.717, 1.165) is 17.5 Å². The number of aromatic nitrogens is 1. The van der Waals surface area contributed by atoms with E-state index >= 15 is 0 Å². The van der Waals surface area contributed by atoms with Crippen LogP contribution in [0.1, 0.15) is 58.4 Å². The largest absolute Gasteiger partial charge is 0.494 e. The number of aliphatic imine (C=N–C) groups is 1. The molecule has 0 bridgehead atoms. The number of pyridine rings is 1. The fourth-order valence-corrected chi connectivity index (χ4v) is 6.80. The van der Waals surface area contributed by atoms with Crippen LogP contribution < -0.4 is 14.5 Å². The molecule has 2 aromatic rings. The fourth-order valence-electron chi connectivity index (χ4n) is 6.80. The first-order valence-corrected chi connectivity index (χ1v) is 17.1. The summed E-state index contributed by atoms with van der Waals surface area (Å²) in [5.74, 6) is -0.505. The number of ether oxygens (including phenoxy) is 1. The van der Waals surface area contributed by atoms with Gasteiger partial charge in [0.15, 0.2) is 0 Å². The molecular formula is C39H44F4N4O3. The average Bonchev–Trinajstić information content (AvgIpc) is 3.07. The van der Waals surface area contributed by atoms with Crippen LogP contribution in [0.2, 0.25) is 0 Å². The van der Waals surface area contributed by atoms with E-state index in [1.54, 1.807) is 11.1 Å². The van der Waals surface area contributed by atoms with Crippen molar-refractivity contribution in [1.82, 2.24) is 4.98 Å². The van der Waals surface area contributed by atoms with Crippen LogP contribution in [0.25, 0.3) is 0 Å². The third kappa shape index (κ3) is 8.42. The van der Waals surface area contributed by atoms with Crippen molar-refractivity contribution in [3.05, 3.63) is 95.1 Å². The van der Waals surface area contributed by atoms with Gasteiger partial charge in [-0.3, -0.25) is 14.5 Å². The van der Waals surface area contributed by atoms with E-state index in [0.29, 0.717) is 42.4 Å². The number of amidine groups is 1. The van der Waals surface area contributed by atoms with Gasteiger partial charge in [0.2, 0.25) is 5.91 Å². The highest BCUT2D eigenvalue weighted by atomic mass is 19.4. The molecule has 266 valence electrons. The van der Waals surface area contributed by atoms with Crippen molar-refractivity contribution in [2.75, 3.05) is 30.5 Å². The number of hydrogen-bond acceptors (Lipinski definition) is 6. The summed E-state index contributed by atoms with van der Waals surface area (Å²) < 4.78 is 59.7. The topological polar surface area (TPSA) is 75.1 Å². The SMILES string of the molecule is CCOc1ccc(N2C(=O)C3C(=CC=CC3C)N=C2[C@@H](C)C(CCC(=O)CC2=CC(C(F)(F)F)=C(F)CC2)Cc2ccc(N(C)C)nc2)cc1. The van der Waals surface area contributed by atoms with Crippen LogP contribution in [0.5, 0.6) is 5.75 Å². The number of Topliss-reactive ketones (excluding diaryl/α,β-unsaturated/α-hetero) is 1. The van der Waals surface area contributed by atoms with Gasteiger partial charge in [-0.05, 0) is 86.1 Å². The summed E-state index contributed by atoms with van der Waals surface area (Å²) in [6.07, 6.45) is 4.08. The number of alkyl halides is 3. The molecule has 0 spiro atoms. The number of hydrogen-bond donors (Lipinski definition) is 0.